The highest BCUT2D eigenvalue weighted by atomic mass is 16.6. The minimum absolute atomic E-state index is 0.0821. The van der Waals surface area contributed by atoms with Crippen molar-refractivity contribution in [3.8, 4) is 12.3 Å². The first-order valence-corrected chi connectivity index (χ1v) is 8.13. The van der Waals surface area contributed by atoms with Crippen molar-refractivity contribution in [1.29, 1.82) is 0 Å². The molecule has 4 heterocycles. The third-order valence-electron chi connectivity index (χ3n) is 4.73. The van der Waals surface area contributed by atoms with Gasteiger partial charge in [0.1, 0.15) is 24.6 Å². The Balaban J connectivity index is 1.66. The zero-order valence-electron chi connectivity index (χ0n) is 13.6. The molecule has 0 aliphatic carbocycles. The summed E-state index contributed by atoms with van der Waals surface area (Å²) in [6, 6.07) is 0.143. The molecule has 0 spiro atoms. The summed E-state index contributed by atoms with van der Waals surface area (Å²) in [6.07, 6.45) is 5.12. The van der Waals surface area contributed by atoms with Crippen molar-refractivity contribution in [2.75, 3.05) is 11.9 Å². The van der Waals surface area contributed by atoms with E-state index in [0.29, 0.717) is 23.6 Å². The number of fused-ring (bicyclic) bond motifs is 1. The second-order valence-electron chi connectivity index (χ2n) is 6.26. The van der Waals surface area contributed by atoms with E-state index in [1.807, 2.05) is 6.92 Å². The van der Waals surface area contributed by atoms with Crippen LogP contribution < -0.4 is 5.32 Å². The van der Waals surface area contributed by atoms with Crippen LogP contribution in [-0.2, 0) is 9.47 Å². The molecule has 2 aromatic rings. The first-order chi connectivity index (χ1) is 12.1. The maximum Gasteiger partial charge on any atom is 0.167 e. The van der Waals surface area contributed by atoms with Crippen LogP contribution in [0.2, 0.25) is 0 Å². The van der Waals surface area contributed by atoms with Crippen molar-refractivity contribution in [2.45, 2.75) is 50.0 Å². The number of rotatable bonds is 3. The van der Waals surface area contributed by atoms with Gasteiger partial charge in [0.05, 0.1) is 18.5 Å². The summed E-state index contributed by atoms with van der Waals surface area (Å²) in [6.45, 7) is 2.71. The van der Waals surface area contributed by atoms with Gasteiger partial charge in [-0.25, -0.2) is 15.0 Å². The van der Waals surface area contributed by atoms with Crippen LogP contribution >= 0.6 is 0 Å². The molecule has 132 valence electrons. The highest BCUT2D eigenvalue weighted by Crippen LogP contribution is 2.32. The monoisotopic (exact) mass is 345 g/mol. The van der Waals surface area contributed by atoms with Gasteiger partial charge in [-0.3, -0.25) is 4.57 Å². The Morgan fingerprint density at radius 1 is 1.32 bits per heavy atom. The maximum absolute atomic E-state index is 10.2. The number of hydrogen-bond acceptors (Lipinski definition) is 8. The average Bonchev–Trinajstić information content (AvgIpc) is 3.29. The predicted molar refractivity (Wildman–Crippen MR) is 87.5 cm³/mol. The van der Waals surface area contributed by atoms with Crippen LogP contribution in [0.15, 0.2) is 12.7 Å². The third-order valence-corrected chi connectivity index (χ3v) is 4.73. The Hall–Kier alpha value is -2.25. The lowest BCUT2D eigenvalue weighted by atomic mass is 10.1. The van der Waals surface area contributed by atoms with Gasteiger partial charge in [-0.05, 0) is 13.3 Å². The number of ether oxygens (including phenoxy) is 2. The van der Waals surface area contributed by atoms with E-state index in [2.05, 4.69) is 26.2 Å². The molecule has 2 aliphatic rings. The van der Waals surface area contributed by atoms with Crippen LogP contribution in [-0.4, -0.2) is 66.8 Å². The topological polar surface area (TPSA) is 115 Å². The molecule has 9 nitrogen and oxygen atoms in total. The Morgan fingerprint density at radius 3 is 2.84 bits per heavy atom. The SMILES string of the molecule is C#C[C@H]1O[C@@H](n2cnc3c(N[C@H]4CCO[C@H]4C)ncnc32)[C@H](O)[C@@H]1O. The Labute approximate surface area is 144 Å². The lowest BCUT2D eigenvalue weighted by molar-refractivity contribution is -0.0230. The number of anilines is 1. The molecule has 0 radical (unpaired) electrons. The molecular formula is C16H19N5O4. The van der Waals surface area contributed by atoms with E-state index in [1.54, 1.807) is 4.57 Å². The Bertz CT molecular complexity index is 818. The van der Waals surface area contributed by atoms with Gasteiger partial charge in [-0.1, -0.05) is 5.92 Å². The molecule has 0 bridgehead atoms. The highest BCUT2D eigenvalue weighted by molar-refractivity contribution is 5.82. The quantitative estimate of drug-likeness (QED) is 0.648. The van der Waals surface area contributed by atoms with E-state index < -0.39 is 24.5 Å². The fraction of sp³-hybridized carbons (Fsp3) is 0.562. The number of imidazole rings is 1. The molecule has 2 fully saturated rings. The summed E-state index contributed by atoms with van der Waals surface area (Å²) in [5.74, 6) is 2.91. The molecule has 25 heavy (non-hydrogen) atoms. The number of aliphatic hydroxyl groups excluding tert-OH is 2. The van der Waals surface area contributed by atoms with E-state index in [-0.39, 0.29) is 12.1 Å². The number of terminal acetylenes is 1. The fourth-order valence-electron chi connectivity index (χ4n) is 3.27. The van der Waals surface area contributed by atoms with Crippen molar-refractivity contribution in [3.63, 3.8) is 0 Å². The lowest BCUT2D eigenvalue weighted by Crippen LogP contribution is -2.30. The number of nitrogens with one attached hydrogen (secondary N) is 1. The predicted octanol–water partition coefficient (Wildman–Crippen LogP) is -0.332. The van der Waals surface area contributed by atoms with Crippen molar-refractivity contribution >= 4 is 17.0 Å². The summed E-state index contributed by atoms with van der Waals surface area (Å²) in [4.78, 5) is 12.9. The van der Waals surface area contributed by atoms with Crippen LogP contribution in [0.1, 0.15) is 19.6 Å². The van der Waals surface area contributed by atoms with Gasteiger partial charge < -0.3 is 25.0 Å². The summed E-state index contributed by atoms with van der Waals surface area (Å²) >= 11 is 0. The normalized spacial score (nSPS) is 35.1. The van der Waals surface area contributed by atoms with E-state index in [4.69, 9.17) is 15.9 Å². The molecular weight excluding hydrogens is 326 g/mol. The standard InChI is InChI=1S/C16H19N5O4/c1-3-10-12(22)13(23)16(25-10)21-7-19-11-14(17-6-18-15(11)21)20-9-4-5-24-8(9)2/h1,6-10,12-13,16,22-23H,4-5H2,2H3,(H,17,18,20)/t8-,9-,10+,12+,13+,16+/m0/s1. The average molecular weight is 345 g/mol. The third kappa shape index (κ3) is 2.63. The van der Waals surface area contributed by atoms with Gasteiger partial charge in [-0.15, -0.1) is 6.42 Å². The number of aromatic nitrogens is 4. The van der Waals surface area contributed by atoms with Gasteiger partial charge in [0.25, 0.3) is 0 Å². The smallest absolute Gasteiger partial charge is 0.167 e. The largest absolute Gasteiger partial charge is 0.386 e. The van der Waals surface area contributed by atoms with Crippen LogP contribution in [0.5, 0.6) is 0 Å². The fourth-order valence-corrected chi connectivity index (χ4v) is 3.27. The van der Waals surface area contributed by atoms with Gasteiger partial charge in [0.15, 0.2) is 23.2 Å². The van der Waals surface area contributed by atoms with E-state index in [9.17, 15) is 10.2 Å². The van der Waals surface area contributed by atoms with Crippen molar-refractivity contribution < 1.29 is 19.7 Å². The maximum atomic E-state index is 10.2. The second-order valence-corrected chi connectivity index (χ2v) is 6.26. The summed E-state index contributed by atoms with van der Waals surface area (Å²) in [5, 5.41) is 23.5. The van der Waals surface area contributed by atoms with Crippen LogP contribution in [0.3, 0.4) is 0 Å². The second kappa shape index (κ2) is 6.24. The number of hydrogen-bond donors (Lipinski definition) is 3. The van der Waals surface area contributed by atoms with Crippen LogP contribution in [0.4, 0.5) is 5.82 Å². The molecule has 4 rings (SSSR count). The summed E-state index contributed by atoms with van der Waals surface area (Å²) in [7, 11) is 0. The van der Waals surface area contributed by atoms with Crippen molar-refractivity contribution in [1.82, 2.24) is 19.5 Å². The molecule has 0 unspecified atom stereocenters. The molecule has 0 aromatic carbocycles. The summed E-state index contributed by atoms with van der Waals surface area (Å²) < 4.78 is 12.7. The number of aliphatic hydroxyl groups is 2. The molecule has 9 heteroatoms. The molecule has 2 aliphatic heterocycles. The lowest BCUT2D eigenvalue weighted by Gasteiger charge is -2.18. The highest BCUT2D eigenvalue weighted by Gasteiger charge is 2.43. The first kappa shape index (κ1) is 16.2. The van der Waals surface area contributed by atoms with Gasteiger partial charge >= 0.3 is 0 Å². The van der Waals surface area contributed by atoms with Gasteiger partial charge in [0, 0.05) is 6.61 Å². The van der Waals surface area contributed by atoms with E-state index in [1.165, 1.54) is 12.7 Å². The van der Waals surface area contributed by atoms with Gasteiger partial charge in [0.2, 0.25) is 0 Å². The van der Waals surface area contributed by atoms with E-state index in [0.717, 1.165) is 6.42 Å². The minimum atomic E-state index is -1.17. The molecule has 6 atom stereocenters. The number of nitrogens with zero attached hydrogens (tertiary/aromatic N) is 4. The van der Waals surface area contributed by atoms with Gasteiger partial charge in [-0.2, -0.15) is 0 Å². The molecule has 2 saturated heterocycles. The molecule has 0 saturated carbocycles. The van der Waals surface area contributed by atoms with Crippen molar-refractivity contribution in [3.05, 3.63) is 12.7 Å². The van der Waals surface area contributed by atoms with Crippen LogP contribution in [0, 0.1) is 12.3 Å². The first-order valence-electron chi connectivity index (χ1n) is 8.13. The molecule has 2 aromatic heterocycles. The minimum Gasteiger partial charge on any atom is -0.386 e. The Morgan fingerprint density at radius 2 is 2.16 bits per heavy atom. The summed E-state index contributed by atoms with van der Waals surface area (Å²) in [5.41, 5.74) is 1.04. The molecule has 3 N–H and O–H groups in total. The zero-order chi connectivity index (χ0) is 17.6. The van der Waals surface area contributed by atoms with Crippen LogP contribution in [0.25, 0.3) is 11.2 Å². The Kier molecular flexibility index (Phi) is 4.05. The zero-order valence-corrected chi connectivity index (χ0v) is 13.6. The molecule has 0 amide bonds. The van der Waals surface area contributed by atoms with Crippen molar-refractivity contribution in [2.24, 2.45) is 0 Å². The van der Waals surface area contributed by atoms with E-state index >= 15 is 0 Å².